The summed E-state index contributed by atoms with van der Waals surface area (Å²) in [5, 5.41) is 3.11. The van der Waals surface area contributed by atoms with Gasteiger partial charge in [0.15, 0.2) is 0 Å². The molecule has 0 fully saturated rings. The van der Waals surface area contributed by atoms with E-state index < -0.39 is 0 Å². The van der Waals surface area contributed by atoms with Crippen molar-refractivity contribution in [2.45, 2.75) is 13.5 Å². The number of fused-ring (bicyclic) bond motifs is 1. The number of nitrogens with one attached hydrogen (secondary N) is 2. The molecule has 20 heavy (non-hydrogen) atoms. The number of hydrogen-bond donors (Lipinski definition) is 2. The second-order valence-corrected chi connectivity index (χ2v) is 4.72. The van der Waals surface area contributed by atoms with E-state index in [2.05, 4.69) is 15.3 Å². The second kappa shape index (κ2) is 5.25. The number of imidazole rings is 1. The summed E-state index contributed by atoms with van der Waals surface area (Å²) < 4.78 is 5.80. The molecule has 3 rings (SSSR count). The van der Waals surface area contributed by atoms with Gasteiger partial charge in [0, 0.05) is 12.7 Å². The van der Waals surface area contributed by atoms with E-state index in [1.54, 1.807) is 0 Å². The number of para-hydroxylation sites is 1. The van der Waals surface area contributed by atoms with Gasteiger partial charge in [0.1, 0.15) is 18.2 Å². The molecule has 0 unspecified atom stereocenters. The highest BCUT2D eigenvalue weighted by atomic mass is 16.5. The number of aromatic amines is 1. The Hall–Kier alpha value is -2.49. The van der Waals surface area contributed by atoms with E-state index in [-0.39, 0.29) is 0 Å². The van der Waals surface area contributed by atoms with Gasteiger partial charge in [-0.1, -0.05) is 18.2 Å². The van der Waals surface area contributed by atoms with Gasteiger partial charge >= 0.3 is 0 Å². The Morgan fingerprint density at radius 1 is 1.20 bits per heavy atom. The highest BCUT2D eigenvalue weighted by Crippen LogP contribution is 2.20. The Labute approximate surface area is 117 Å². The molecule has 4 nitrogen and oxygen atoms in total. The van der Waals surface area contributed by atoms with Gasteiger partial charge < -0.3 is 15.0 Å². The largest absolute Gasteiger partial charge is 0.485 e. The molecule has 0 radical (unpaired) electrons. The molecule has 2 aromatic carbocycles. The topological polar surface area (TPSA) is 49.9 Å². The molecule has 1 aromatic heterocycles. The van der Waals surface area contributed by atoms with E-state index in [1.165, 1.54) is 0 Å². The maximum absolute atomic E-state index is 5.80. The predicted molar refractivity (Wildman–Crippen MR) is 81.2 cm³/mol. The zero-order valence-corrected chi connectivity index (χ0v) is 11.6. The fourth-order valence-corrected chi connectivity index (χ4v) is 2.15. The number of benzene rings is 2. The SMILES string of the molecule is CNc1ccc2nc(COc3ccccc3C)[nH]c2c1. The number of aryl methyl sites for hydroxylation is 1. The molecule has 0 aliphatic rings. The molecule has 102 valence electrons. The van der Waals surface area contributed by atoms with Gasteiger partial charge in [-0.2, -0.15) is 0 Å². The average molecular weight is 267 g/mol. The molecule has 4 heteroatoms. The van der Waals surface area contributed by atoms with Gasteiger partial charge in [-0.15, -0.1) is 0 Å². The van der Waals surface area contributed by atoms with Gasteiger partial charge in [0.2, 0.25) is 0 Å². The van der Waals surface area contributed by atoms with Crippen LogP contribution in [-0.2, 0) is 6.61 Å². The van der Waals surface area contributed by atoms with E-state index in [4.69, 9.17) is 4.74 Å². The third-order valence-corrected chi connectivity index (χ3v) is 3.28. The molecule has 0 atom stereocenters. The van der Waals surface area contributed by atoms with Gasteiger partial charge in [-0.05, 0) is 36.8 Å². The van der Waals surface area contributed by atoms with Crippen molar-refractivity contribution in [1.29, 1.82) is 0 Å². The maximum Gasteiger partial charge on any atom is 0.146 e. The van der Waals surface area contributed by atoms with Gasteiger partial charge in [0.05, 0.1) is 11.0 Å². The van der Waals surface area contributed by atoms with Crippen LogP contribution in [0, 0.1) is 6.92 Å². The van der Waals surface area contributed by atoms with Gasteiger partial charge in [-0.3, -0.25) is 0 Å². The Kier molecular flexibility index (Phi) is 3.29. The van der Waals surface area contributed by atoms with Crippen LogP contribution < -0.4 is 10.1 Å². The minimum Gasteiger partial charge on any atom is -0.485 e. The molecule has 0 spiro atoms. The molecule has 0 aliphatic heterocycles. The monoisotopic (exact) mass is 267 g/mol. The first-order chi connectivity index (χ1) is 9.76. The first-order valence-corrected chi connectivity index (χ1v) is 6.61. The summed E-state index contributed by atoms with van der Waals surface area (Å²) in [6.45, 7) is 2.47. The Balaban J connectivity index is 1.79. The number of hydrogen-bond acceptors (Lipinski definition) is 3. The van der Waals surface area contributed by atoms with Crippen LogP contribution in [0.4, 0.5) is 5.69 Å². The summed E-state index contributed by atoms with van der Waals surface area (Å²) in [6.07, 6.45) is 0. The van der Waals surface area contributed by atoms with Crippen LogP contribution in [0.5, 0.6) is 5.75 Å². The number of rotatable bonds is 4. The fourth-order valence-electron chi connectivity index (χ4n) is 2.15. The molecule has 2 N–H and O–H groups in total. The molecular formula is C16H17N3O. The number of anilines is 1. The standard InChI is InChI=1S/C16H17N3O/c1-11-5-3-4-6-15(11)20-10-16-18-13-8-7-12(17-2)9-14(13)19-16/h3-9,17H,10H2,1-2H3,(H,18,19). The van der Waals surface area contributed by atoms with Crippen LogP contribution in [0.1, 0.15) is 11.4 Å². The lowest BCUT2D eigenvalue weighted by Gasteiger charge is -2.06. The zero-order valence-electron chi connectivity index (χ0n) is 11.6. The van der Waals surface area contributed by atoms with Crippen LogP contribution in [0.25, 0.3) is 11.0 Å². The maximum atomic E-state index is 5.80. The van der Waals surface area contributed by atoms with Gasteiger partial charge in [-0.25, -0.2) is 4.98 Å². The first kappa shape index (κ1) is 12.5. The third kappa shape index (κ3) is 2.45. The molecule has 0 aliphatic carbocycles. The average Bonchev–Trinajstić information content (AvgIpc) is 2.88. The van der Waals surface area contributed by atoms with E-state index in [0.717, 1.165) is 33.9 Å². The summed E-state index contributed by atoms with van der Waals surface area (Å²) in [5.41, 5.74) is 4.15. The summed E-state index contributed by atoms with van der Waals surface area (Å²) in [5.74, 6) is 1.72. The van der Waals surface area contributed by atoms with Crippen molar-refractivity contribution in [2.75, 3.05) is 12.4 Å². The number of ether oxygens (including phenoxy) is 1. The fraction of sp³-hybridized carbons (Fsp3) is 0.188. The van der Waals surface area contributed by atoms with Crippen molar-refractivity contribution in [3.8, 4) is 5.75 Å². The van der Waals surface area contributed by atoms with Crippen LogP contribution in [0.2, 0.25) is 0 Å². The van der Waals surface area contributed by atoms with E-state index in [0.29, 0.717) is 6.61 Å². The molecule has 0 bridgehead atoms. The quantitative estimate of drug-likeness (QED) is 0.760. The molecular weight excluding hydrogens is 250 g/mol. The summed E-state index contributed by atoms with van der Waals surface area (Å²) in [6, 6.07) is 14.0. The lowest BCUT2D eigenvalue weighted by atomic mass is 10.2. The van der Waals surface area contributed by atoms with Crippen molar-refractivity contribution in [2.24, 2.45) is 0 Å². The first-order valence-electron chi connectivity index (χ1n) is 6.61. The molecule has 0 amide bonds. The lowest BCUT2D eigenvalue weighted by molar-refractivity contribution is 0.295. The number of H-pyrrole nitrogens is 1. The highest BCUT2D eigenvalue weighted by molar-refractivity contribution is 5.79. The smallest absolute Gasteiger partial charge is 0.146 e. The molecule has 0 saturated carbocycles. The van der Waals surface area contributed by atoms with Crippen molar-refractivity contribution in [3.63, 3.8) is 0 Å². The third-order valence-electron chi connectivity index (χ3n) is 3.28. The summed E-state index contributed by atoms with van der Waals surface area (Å²) in [7, 11) is 1.90. The second-order valence-electron chi connectivity index (χ2n) is 4.72. The zero-order chi connectivity index (χ0) is 13.9. The Bertz CT molecular complexity index is 733. The van der Waals surface area contributed by atoms with Crippen molar-refractivity contribution < 1.29 is 4.74 Å². The minimum absolute atomic E-state index is 0.439. The Morgan fingerprint density at radius 2 is 2.05 bits per heavy atom. The van der Waals surface area contributed by atoms with E-state index in [1.807, 2.05) is 56.4 Å². The van der Waals surface area contributed by atoms with Crippen LogP contribution in [-0.4, -0.2) is 17.0 Å². The molecule has 0 saturated heterocycles. The minimum atomic E-state index is 0.439. The Morgan fingerprint density at radius 3 is 2.85 bits per heavy atom. The molecule has 3 aromatic rings. The lowest BCUT2D eigenvalue weighted by Crippen LogP contribution is -1.98. The predicted octanol–water partition coefficient (Wildman–Crippen LogP) is 3.49. The van der Waals surface area contributed by atoms with Crippen molar-refractivity contribution in [3.05, 3.63) is 53.9 Å². The van der Waals surface area contributed by atoms with Gasteiger partial charge in [0.25, 0.3) is 0 Å². The van der Waals surface area contributed by atoms with Crippen LogP contribution in [0.15, 0.2) is 42.5 Å². The van der Waals surface area contributed by atoms with E-state index in [9.17, 15) is 0 Å². The molecule has 1 heterocycles. The highest BCUT2D eigenvalue weighted by Gasteiger charge is 2.05. The van der Waals surface area contributed by atoms with E-state index >= 15 is 0 Å². The number of aromatic nitrogens is 2. The normalized spacial score (nSPS) is 10.7. The van der Waals surface area contributed by atoms with Crippen molar-refractivity contribution >= 4 is 16.7 Å². The summed E-state index contributed by atoms with van der Waals surface area (Å²) >= 11 is 0. The van der Waals surface area contributed by atoms with Crippen molar-refractivity contribution in [1.82, 2.24) is 9.97 Å². The summed E-state index contributed by atoms with van der Waals surface area (Å²) in [4.78, 5) is 7.81. The van der Waals surface area contributed by atoms with Crippen LogP contribution in [0.3, 0.4) is 0 Å². The van der Waals surface area contributed by atoms with Crippen LogP contribution >= 0.6 is 0 Å². The number of nitrogens with zero attached hydrogens (tertiary/aromatic N) is 1.